The van der Waals surface area contributed by atoms with Crippen molar-refractivity contribution in [2.45, 2.75) is 64.3 Å². The van der Waals surface area contributed by atoms with Gasteiger partial charge in [0.2, 0.25) is 0 Å². The van der Waals surface area contributed by atoms with Gasteiger partial charge in [-0.25, -0.2) is 0 Å². The number of guanidine groups is 1. The molecule has 0 aromatic heterocycles. The summed E-state index contributed by atoms with van der Waals surface area (Å²) in [5, 5.41) is 6.79. The highest BCUT2D eigenvalue weighted by Gasteiger charge is 2.15. The molecule has 1 fully saturated rings. The van der Waals surface area contributed by atoms with Gasteiger partial charge in [-0.2, -0.15) is 0 Å². The Morgan fingerprint density at radius 3 is 2.57 bits per heavy atom. The Kier molecular flexibility index (Phi) is 12.8. The summed E-state index contributed by atoms with van der Waals surface area (Å²) >= 11 is 0. The monoisotopic (exact) mass is 411 g/mol. The van der Waals surface area contributed by atoms with Crippen LogP contribution in [0.2, 0.25) is 0 Å². The molecule has 0 aliphatic heterocycles. The third-order valence-corrected chi connectivity index (χ3v) is 3.58. The second kappa shape index (κ2) is 13.2. The van der Waals surface area contributed by atoms with Crippen LogP contribution in [0.5, 0.6) is 0 Å². The highest BCUT2D eigenvalue weighted by atomic mass is 127. The lowest BCUT2D eigenvalue weighted by Crippen LogP contribution is -2.42. The fourth-order valence-electron chi connectivity index (χ4n) is 2.43. The van der Waals surface area contributed by atoms with E-state index in [1.54, 1.807) is 0 Å². The van der Waals surface area contributed by atoms with Crippen molar-refractivity contribution in [3.8, 4) is 0 Å². The quantitative estimate of drug-likeness (QED) is 0.212. The van der Waals surface area contributed by atoms with E-state index < -0.39 is 0 Å². The average molecular weight is 411 g/mol. The Labute approximate surface area is 145 Å². The molecule has 2 N–H and O–H groups in total. The van der Waals surface area contributed by atoms with Gasteiger partial charge in [-0.1, -0.05) is 19.3 Å². The summed E-state index contributed by atoms with van der Waals surface area (Å²) in [7, 11) is 1.43. The number of esters is 1. The first kappa shape index (κ1) is 20.5. The van der Waals surface area contributed by atoms with Gasteiger partial charge in [-0.3, -0.25) is 9.79 Å². The van der Waals surface area contributed by atoms with Gasteiger partial charge in [0.05, 0.1) is 7.11 Å². The highest BCUT2D eigenvalue weighted by molar-refractivity contribution is 14.0. The smallest absolute Gasteiger partial charge is 0.305 e. The van der Waals surface area contributed by atoms with Crippen molar-refractivity contribution in [1.29, 1.82) is 0 Å². The summed E-state index contributed by atoms with van der Waals surface area (Å²) in [6.45, 7) is 3.78. The van der Waals surface area contributed by atoms with Crippen molar-refractivity contribution in [3.63, 3.8) is 0 Å². The molecule has 0 aromatic rings. The van der Waals surface area contributed by atoms with Crippen molar-refractivity contribution in [3.05, 3.63) is 0 Å². The molecule has 0 saturated heterocycles. The molecular weight excluding hydrogens is 381 g/mol. The van der Waals surface area contributed by atoms with Crippen LogP contribution in [0.25, 0.3) is 0 Å². The molecule has 0 spiro atoms. The predicted molar refractivity (Wildman–Crippen MR) is 97.3 cm³/mol. The van der Waals surface area contributed by atoms with E-state index in [0.717, 1.165) is 38.3 Å². The Morgan fingerprint density at radius 1 is 1.24 bits per heavy atom. The van der Waals surface area contributed by atoms with Crippen molar-refractivity contribution >= 4 is 35.9 Å². The molecule has 1 saturated carbocycles. The van der Waals surface area contributed by atoms with Gasteiger partial charge < -0.3 is 15.4 Å². The SMILES string of the molecule is CCNC(=NCCCCCC(=O)OC)NC1CCCC1.I. The lowest BCUT2D eigenvalue weighted by molar-refractivity contribution is -0.140. The number of hydrogen-bond acceptors (Lipinski definition) is 3. The Balaban J connectivity index is 0.00000400. The molecule has 0 atom stereocenters. The number of ether oxygens (including phenoxy) is 1. The summed E-state index contributed by atoms with van der Waals surface area (Å²) in [4.78, 5) is 15.6. The van der Waals surface area contributed by atoms with E-state index in [0.29, 0.717) is 12.5 Å². The zero-order valence-corrected chi connectivity index (χ0v) is 15.7. The van der Waals surface area contributed by atoms with E-state index >= 15 is 0 Å². The maximum absolute atomic E-state index is 11.0. The van der Waals surface area contributed by atoms with E-state index in [1.165, 1.54) is 32.8 Å². The number of hydrogen-bond donors (Lipinski definition) is 2. The second-order valence-electron chi connectivity index (χ2n) is 5.27. The second-order valence-corrected chi connectivity index (χ2v) is 5.27. The van der Waals surface area contributed by atoms with Gasteiger partial charge in [0, 0.05) is 25.6 Å². The molecule has 0 heterocycles. The number of halogens is 1. The standard InChI is InChI=1S/C15H29N3O2.HI/c1-3-16-15(18-13-9-6-7-10-13)17-12-8-4-5-11-14(19)20-2;/h13H,3-12H2,1-2H3,(H2,16,17,18);1H. The zero-order valence-electron chi connectivity index (χ0n) is 13.3. The molecule has 0 aromatic carbocycles. The van der Waals surface area contributed by atoms with Crippen LogP contribution in [0.15, 0.2) is 4.99 Å². The predicted octanol–water partition coefficient (Wildman–Crippen LogP) is 2.84. The molecule has 1 aliphatic rings. The van der Waals surface area contributed by atoms with Gasteiger partial charge in [-0.15, -0.1) is 24.0 Å². The maximum atomic E-state index is 11.0. The largest absolute Gasteiger partial charge is 0.469 e. The van der Waals surface area contributed by atoms with Gasteiger partial charge >= 0.3 is 5.97 Å². The van der Waals surface area contributed by atoms with E-state index in [4.69, 9.17) is 0 Å². The zero-order chi connectivity index (χ0) is 14.6. The van der Waals surface area contributed by atoms with Gasteiger partial charge in [0.1, 0.15) is 0 Å². The van der Waals surface area contributed by atoms with Crippen LogP contribution in [0.1, 0.15) is 58.3 Å². The number of nitrogens with one attached hydrogen (secondary N) is 2. The van der Waals surface area contributed by atoms with Gasteiger partial charge in [0.15, 0.2) is 5.96 Å². The number of methoxy groups -OCH3 is 1. The lowest BCUT2D eigenvalue weighted by Gasteiger charge is -2.16. The highest BCUT2D eigenvalue weighted by Crippen LogP contribution is 2.17. The minimum absolute atomic E-state index is 0. The molecule has 1 aliphatic carbocycles. The van der Waals surface area contributed by atoms with E-state index in [9.17, 15) is 4.79 Å². The molecule has 6 heteroatoms. The van der Waals surface area contributed by atoms with Crippen molar-refractivity contribution in [1.82, 2.24) is 10.6 Å². The van der Waals surface area contributed by atoms with E-state index in [2.05, 4.69) is 27.3 Å². The van der Waals surface area contributed by atoms with Crippen molar-refractivity contribution < 1.29 is 9.53 Å². The van der Waals surface area contributed by atoms with Crippen LogP contribution in [-0.4, -0.2) is 38.2 Å². The van der Waals surface area contributed by atoms with Crippen LogP contribution >= 0.6 is 24.0 Å². The molecule has 0 amide bonds. The van der Waals surface area contributed by atoms with E-state index in [-0.39, 0.29) is 29.9 Å². The van der Waals surface area contributed by atoms with Crippen LogP contribution in [-0.2, 0) is 9.53 Å². The number of carbonyl (C=O) groups is 1. The molecule has 0 unspecified atom stereocenters. The maximum Gasteiger partial charge on any atom is 0.305 e. The Bertz CT molecular complexity index is 305. The topological polar surface area (TPSA) is 62.7 Å². The summed E-state index contributed by atoms with van der Waals surface area (Å²) in [5.41, 5.74) is 0. The fourth-order valence-corrected chi connectivity index (χ4v) is 2.43. The third kappa shape index (κ3) is 9.92. The van der Waals surface area contributed by atoms with Crippen LogP contribution in [0.4, 0.5) is 0 Å². The minimum Gasteiger partial charge on any atom is -0.469 e. The Morgan fingerprint density at radius 2 is 1.95 bits per heavy atom. The lowest BCUT2D eigenvalue weighted by atomic mass is 10.2. The number of nitrogens with zero attached hydrogens (tertiary/aromatic N) is 1. The molecule has 1 rings (SSSR count). The molecule has 0 radical (unpaired) electrons. The van der Waals surface area contributed by atoms with Crippen LogP contribution in [0.3, 0.4) is 0 Å². The summed E-state index contributed by atoms with van der Waals surface area (Å²) in [6.07, 6.45) is 8.58. The normalized spacial score (nSPS) is 15.4. The Hall–Kier alpha value is -0.530. The number of unbranched alkanes of at least 4 members (excludes halogenated alkanes) is 2. The first-order valence-corrected chi connectivity index (χ1v) is 7.88. The fraction of sp³-hybridized carbons (Fsp3) is 0.867. The summed E-state index contributed by atoms with van der Waals surface area (Å²) < 4.78 is 4.61. The first-order chi connectivity index (χ1) is 9.76. The van der Waals surface area contributed by atoms with Crippen molar-refractivity contribution in [2.75, 3.05) is 20.2 Å². The van der Waals surface area contributed by atoms with E-state index in [1.807, 2.05) is 0 Å². The van der Waals surface area contributed by atoms with Crippen molar-refractivity contribution in [2.24, 2.45) is 4.99 Å². The average Bonchev–Trinajstić information content (AvgIpc) is 2.95. The van der Waals surface area contributed by atoms with Gasteiger partial charge in [-0.05, 0) is 32.6 Å². The number of aliphatic imine (C=N–C) groups is 1. The summed E-state index contributed by atoms with van der Waals surface area (Å²) in [6, 6.07) is 0.590. The van der Waals surface area contributed by atoms with Crippen LogP contribution < -0.4 is 10.6 Å². The van der Waals surface area contributed by atoms with Gasteiger partial charge in [0.25, 0.3) is 0 Å². The summed E-state index contributed by atoms with van der Waals surface area (Å²) in [5.74, 6) is 0.817. The first-order valence-electron chi connectivity index (χ1n) is 7.88. The molecular formula is C15H30IN3O2. The molecule has 5 nitrogen and oxygen atoms in total. The molecule has 0 bridgehead atoms. The third-order valence-electron chi connectivity index (χ3n) is 3.58. The van der Waals surface area contributed by atoms with Crippen LogP contribution in [0, 0.1) is 0 Å². The minimum atomic E-state index is -0.121. The number of carbonyl (C=O) groups excluding carboxylic acids is 1. The molecule has 124 valence electrons. The molecule has 21 heavy (non-hydrogen) atoms. The number of rotatable bonds is 8.